The first-order chi connectivity index (χ1) is 35.2. The molecule has 1 saturated carbocycles. The molecular formula is C55H61ClFN9O6S2. The van der Waals surface area contributed by atoms with Gasteiger partial charge in [-0.2, -0.15) is 0 Å². The van der Waals surface area contributed by atoms with Crippen LogP contribution in [0.25, 0.3) is 15.4 Å². The number of aliphatic hydroxyl groups excluding tert-OH is 1. The van der Waals surface area contributed by atoms with Crippen LogP contribution in [0.2, 0.25) is 5.02 Å². The van der Waals surface area contributed by atoms with Gasteiger partial charge < -0.3 is 30.7 Å². The van der Waals surface area contributed by atoms with Gasteiger partial charge in [-0.3, -0.25) is 28.7 Å². The molecule has 2 aliphatic heterocycles. The summed E-state index contributed by atoms with van der Waals surface area (Å²) in [5, 5.41) is 30.3. The van der Waals surface area contributed by atoms with Crippen molar-refractivity contribution in [1.82, 2.24) is 40.6 Å². The van der Waals surface area contributed by atoms with Gasteiger partial charge in [0.1, 0.15) is 46.6 Å². The number of ether oxygens (including phenoxy) is 1. The lowest BCUT2D eigenvalue weighted by molar-refractivity contribution is -0.144. The van der Waals surface area contributed by atoms with Gasteiger partial charge >= 0.3 is 0 Å². The SMILES string of the molecule is Cc1ncsc1-c1ccc([C@H](C)NC(=O)[C@@H]2C[C@@H](O)CN2C(=O)[C@@H](NC(=O)CCc2cc(F)cc(O[C@H]3C[C@H](NC(=O)C[C@@H]4N=C(c5ccc(Cl)cc5)c5c(sc(C)c5C)-n5c(C)nnc54)C3)c2)C(C)(C)C)cc1. The largest absolute Gasteiger partial charge is 0.490 e. The normalized spacial score (nSPS) is 20.1. The van der Waals surface area contributed by atoms with Crippen LogP contribution in [0, 0.1) is 38.9 Å². The molecule has 4 amide bonds. The molecule has 4 N–H and O–H groups in total. The smallest absolute Gasteiger partial charge is 0.246 e. The molecule has 9 rings (SSSR count). The highest BCUT2D eigenvalue weighted by atomic mass is 35.5. The molecule has 0 unspecified atom stereocenters. The summed E-state index contributed by atoms with van der Waals surface area (Å²) in [6.07, 6.45) is 0.0296. The molecule has 19 heteroatoms. The fourth-order valence-electron chi connectivity index (χ4n) is 9.91. The van der Waals surface area contributed by atoms with Gasteiger partial charge in [0, 0.05) is 65.4 Å². The number of carbonyl (C=O) groups excluding carboxylic acids is 4. The van der Waals surface area contributed by atoms with Gasteiger partial charge in [-0.25, -0.2) is 9.37 Å². The summed E-state index contributed by atoms with van der Waals surface area (Å²) >= 11 is 9.47. The van der Waals surface area contributed by atoms with E-state index in [4.69, 9.17) is 21.3 Å². The third-order valence-corrected chi connectivity index (χ3v) is 16.6. The fourth-order valence-corrected chi connectivity index (χ4v) is 12.1. The Bertz CT molecular complexity index is 3120. The van der Waals surface area contributed by atoms with Crippen molar-refractivity contribution in [2.75, 3.05) is 6.54 Å². The van der Waals surface area contributed by atoms with Gasteiger partial charge in [0.05, 0.1) is 40.4 Å². The van der Waals surface area contributed by atoms with E-state index in [-0.39, 0.29) is 56.3 Å². The molecule has 0 spiro atoms. The molecule has 2 fully saturated rings. The maximum atomic E-state index is 15.1. The van der Waals surface area contributed by atoms with Crippen LogP contribution in [0.15, 0.2) is 77.2 Å². The van der Waals surface area contributed by atoms with Gasteiger partial charge in [-0.15, -0.1) is 32.9 Å². The number of benzene rings is 3. The van der Waals surface area contributed by atoms with Gasteiger partial charge in [0.2, 0.25) is 23.6 Å². The average Bonchev–Trinajstić information content (AvgIpc) is 4.11. The number of thiazole rings is 1. The number of aliphatic imine (C=N–C) groups is 1. The predicted molar refractivity (Wildman–Crippen MR) is 285 cm³/mol. The Morgan fingerprint density at radius 3 is 2.34 bits per heavy atom. The van der Waals surface area contributed by atoms with Gasteiger partial charge in [0.15, 0.2) is 5.82 Å². The highest BCUT2D eigenvalue weighted by molar-refractivity contribution is 7.15. The van der Waals surface area contributed by atoms with Crippen LogP contribution in [0.4, 0.5) is 4.39 Å². The minimum absolute atomic E-state index is 0.0413. The number of halogens is 2. The van der Waals surface area contributed by atoms with Crippen molar-refractivity contribution >= 4 is 63.6 Å². The highest BCUT2D eigenvalue weighted by Gasteiger charge is 2.45. The number of nitrogens with one attached hydrogen (secondary N) is 3. The number of hydrogen-bond donors (Lipinski definition) is 4. The summed E-state index contributed by atoms with van der Waals surface area (Å²) in [5.74, 6) is -0.422. The van der Waals surface area contributed by atoms with Crippen LogP contribution in [-0.2, 0) is 25.6 Å². The lowest BCUT2D eigenvalue weighted by Gasteiger charge is -2.36. The Balaban J connectivity index is 0.779. The van der Waals surface area contributed by atoms with Crippen molar-refractivity contribution in [1.29, 1.82) is 0 Å². The van der Waals surface area contributed by atoms with Crippen molar-refractivity contribution in [3.63, 3.8) is 0 Å². The van der Waals surface area contributed by atoms with Crippen molar-refractivity contribution in [2.45, 2.75) is 136 Å². The molecule has 5 heterocycles. The van der Waals surface area contributed by atoms with Crippen LogP contribution in [-0.4, -0.2) is 96.0 Å². The minimum atomic E-state index is -1.02. The van der Waals surface area contributed by atoms with E-state index in [0.717, 1.165) is 54.0 Å². The number of aliphatic hydroxyl groups is 1. The number of hydrogen-bond acceptors (Lipinski definition) is 12. The molecule has 3 aromatic heterocycles. The van der Waals surface area contributed by atoms with Crippen molar-refractivity contribution in [3.8, 4) is 21.2 Å². The lowest BCUT2D eigenvalue weighted by atomic mass is 9.85. The summed E-state index contributed by atoms with van der Waals surface area (Å²) in [6.45, 7) is 15.3. The monoisotopic (exact) mass is 1060 g/mol. The van der Waals surface area contributed by atoms with E-state index in [1.165, 1.54) is 17.0 Å². The third kappa shape index (κ3) is 11.3. The molecule has 388 valence electrons. The number of thiophene rings is 1. The van der Waals surface area contributed by atoms with E-state index in [0.29, 0.717) is 40.8 Å². The predicted octanol–water partition coefficient (Wildman–Crippen LogP) is 8.79. The molecule has 6 aromatic rings. The minimum Gasteiger partial charge on any atom is -0.490 e. The third-order valence-electron chi connectivity index (χ3n) is 14.1. The molecule has 0 bridgehead atoms. The molecule has 74 heavy (non-hydrogen) atoms. The number of likely N-dealkylation sites (tertiary alicyclic amines) is 1. The lowest BCUT2D eigenvalue weighted by Crippen LogP contribution is -2.57. The topological polar surface area (TPSA) is 193 Å². The molecule has 0 radical (unpaired) electrons. The van der Waals surface area contributed by atoms with Crippen molar-refractivity contribution < 1.29 is 33.4 Å². The van der Waals surface area contributed by atoms with Crippen molar-refractivity contribution in [2.24, 2.45) is 10.4 Å². The maximum Gasteiger partial charge on any atom is 0.246 e. The first kappa shape index (κ1) is 52.5. The molecule has 3 aliphatic rings. The Morgan fingerprint density at radius 2 is 1.65 bits per heavy atom. The second-order valence-corrected chi connectivity index (χ2v) is 23.3. The summed E-state index contributed by atoms with van der Waals surface area (Å²) in [4.78, 5) is 68.5. The first-order valence-corrected chi connectivity index (χ1v) is 27.0. The second kappa shape index (κ2) is 21.5. The van der Waals surface area contributed by atoms with Crippen LogP contribution in [0.5, 0.6) is 5.75 Å². The summed E-state index contributed by atoms with van der Waals surface area (Å²) in [5.41, 5.74) is 8.17. The number of aromatic nitrogens is 4. The summed E-state index contributed by atoms with van der Waals surface area (Å²) < 4.78 is 23.3. The average molecular weight is 1060 g/mol. The molecule has 1 saturated heterocycles. The quantitative estimate of drug-likeness (QED) is 0.0778. The van der Waals surface area contributed by atoms with Crippen LogP contribution in [0.1, 0.15) is 122 Å². The fraction of sp³-hybridized carbons (Fsp3) is 0.418. The Hall–Kier alpha value is -6.34. The zero-order valence-electron chi connectivity index (χ0n) is 42.7. The maximum absolute atomic E-state index is 15.1. The van der Waals surface area contributed by atoms with E-state index in [2.05, 4.69) is 45.0 Å². The Kier molecular flexibility index (Phi) is 15.2. The van der Waals surface area contributed by atoms with Gasteiger partial charge in [-0.1, -0.05) is 68.8 Å². The molecule has 1 aliphatic carbocycles. The van der Waals surface area contributed by atoms with Crippen LogP contribution < -0.4 is 20.7 Å². The molecule has 15 nitrogen and oxygen atoms in total. The molecular weight excluding hydrogens is 1000 g/mol. The zero-order valence-corrected chi connectivity index (χ0v) is 45.1. The van der Waals surface area contributed by atoms with E-state index in [1.54, 1.807) is 28.7 Å². The first-order valence-electron chi connectivity index (χ1n) is 24.9. The Morgan fingerprint density at radius 1 is 0.932 bits per heavy atom. The zero-order chi connectivity index (χ0) is 52.7. The number of carbonyl (C=O) groups is 4. The standard InChI is InChI=1S/C55H61ClFN9O6S2/c1-28-31(4)74-54-47(28)48(35-14-16-37(56)17-15-35)61-43(51-64-63-32(5)66(51)54)25-46(69)60-39-22-42(23-39)72-41-20-33(19-38(57)21-41)9-18-45(68)62-50(55(6,7)8)53(71)65-26-40(67)24-44(65)52(70)59-29(2)34-10-12-36(13-11-34)49-30(3)58-27-73-49/h10-17,19-21,27,29,39-40,42-44,50,67H,9,18,22-26H2,1-8H3,(H,59,70)(H,60,69)(H,62,68)/t29-,39-,40+,42-,43-,44-,50+/m0/s1. The van der Waals surface area contributed by atoms with Crippen LogP contribution in [0.3, 0.4) is 0 Å². The number of rotatable bonds is 15. The van der Waals surface area contributed by atoms with E-state index >= 15 is 4.39 Å². The number of fused-ring (bicyclic) bond motifs is 3. The second-order valence-electron chi connectivity index (χ2n) is 20.8. The number of amides is 4. The Labute approximate surface area is 443 Å². The summed E-state index contributed by atoms with van der Waals surface area (Å²) in [7, 11) is 0. The number of aryl methyl sites for hydroxylation is 4. The van der Waals surface area contributed by atoms with Crippen molar-refractivity contribution in [3.05, 3.63) is 133 Å². The van der Waals surface area contributed by atoms with E-state index in [1.807, 2.05) is 100 Å². The highest BCUT2D eigenvalue weighted by Crippen LogP contribution is 2.40. The van der Waals surface area contributed by atoms with Gasteiger partial charge in [-0.05, 0) is 93.0 Å². The number of nitrogens with zero attached hydrogens (tertiary/aromatic N) is 6. The number of β-amino-alcohol motifs (C(OH)–C–C–N with tert-alkyl or cyclic N) is 1. The van der Waals surface area contributed by atoms with Gasteiger partial charge in [0.25, 0.3) is 0 Å². The van der Waals surface area contributed by atoms with E-state index < -0.39 is 53.2 Å². The van der Waals surface area contributed by atoms with E-state index in [9.17, 15) is 24.3 Å². The van der Waals surface area contributed by atoms with Crippen LogP contribution >= 0.6 is 34.3 Å². The summed E-state index contributed by atoms with van der Waals surface area (Å²) in [6, 6.07) is 16.6. The molecule has 3 aromatic carbocycles. The molecule has 5 atom stereocenters.